The fraction of sp³-hybridized carbons (Fsp3) is 0.258. The molecule has 13 heteroatoms. The van der Waals surface area contributed by atoms with Gasteiger partial charge in [0.2, 0.25) is 11.0 Å². The molecule has 0 bridgehead atoms. The van der Waals surface area contributed by atoms with Crippen LogP contribution in [-0.4, -0.2) is 36.7 Å². The third-order valence-corrected chi connectivity index (χ3v) is 8.14. The number of carbonyl (C=O) groups is 1. The average Bonchev–Trinajstić information content (AvgIpc) is 3.62. The normalized spacial score (nSPS) is 15.3. The monoisotopic (exact) mass is 637 g/mol. The molecule has 1 atom stereocenters. The van der Waals surface area contributed by atoms with Crippen LogP contribution in [0, 0.1) is 6.92 Å². The number of nitrogens with zero attached hydrogens (tertiary/aromatic N) is 5. The van der Waals surface area contributed by atoms with Gasteiger partial charge >= 0.3 is 6.18 Å². The SMILES string of the molecule is Cc1ccc(C(C)C)c(N2C(=O)CS/C2=N\C(=S)NNC(C)c2ccc(-c3ncn(-c4ccc(C(F)(F)F)cc4)n3)cc2)c1. The Morgan fingerprint density at radius 2 is 1.75 bits per heavy atom. The van der Waals surface area contributed by atoms with Crippen LogP contribution in [0.15, 0.2) is 78.0 Å². The number of hydrogen-bond acceptors (Lipinski definition) is 6. The van der Waals surface area contributed by atoms with E-state index in [4.69, 9.17) is 12.2 Å². The molecule has 1 amide bonds. The lowest BCUT2D eigenvalue weighted by atomic mass is 9.99. The summed E-state index contributed by atoms with van der Waals surface area (Å²) in [5.74, 6) is 0.925. The Hall–Kier alpha value is -4.07. The summed E-state index contributed by atoms with van der Waals surface area (Å²) in [4.78, 5) is 23.4. The van der Waals surface area contributed by atoms with Crippen molar-refractivity contribution < 1.29 is 18.0 Å². The van der Waals surface area contributed by atoms with E-state index in [2.05, 4.69) is 45.8 Å². The van der Waals surface area contributed by atoms with Crippen LogP contribution < -0.4 is 15.8 Å². The van der Waals surface area contributed by atoms with Crippen molar-refractivity contribution in [3.05, 3.63) is 95.3 Å². The van der Waals surface area contributed by atoms with Crippen molar-refractivity contribution in [1.29, 1.82) is 0 Å². The summed E-state index contributed by atoms with van der Waals surface area (Å²) in [6.45, 7) is 8.13. The maximum atomic E-state index is 12.9. The Morgan fingerprint density at radius 3 is 2.41 bits per heavy atom. The van der Waals surface area contributed by atoms with E-state index in [1.807, 2.05) is 50.2 Å². The van der Waals surface area contributed by atoms with Gasteiger partial charge in [0.05, 0.1) is 22.7 Å². The first-order chi connectivity index (χ1) is 20.9. The number of aryl methyl sites for hydroxylation is 1. The zero-order chi connectivity index (χ0) is 31.6. The van der Waals surface area contributed by atoms with Crippen molar-refractivity contribution in [2.45, 2.75) is 45.8 Å². The lowest BCUT2D eigenvalue weighted by molar-refractivity contribution is -0.137. The molecule has 1 saturated heterocycles. The predicted molar refractivity (Wildman–Crippen MR) is 172 cm³/mol. The van der Waals surface area contributed by atoms with Crippen molar-refractivity contribution in [1.82, 2.24) is 25.6 Å². The van der Waals surface area contributed by atoms with Crippen LogP contribution in [-0.2, 0) is 11.0 Å². The van der Waals surface area contributed by atoms with Gasteiger partial charge in [0.1, 0.15) is 6.33 Å². The summed E-state index contributed by atoms with van der Waals surface area (Å²) >= 11 is 6.83. The molecule has 5 rings (SSSR count). The number of thiocarbonyl (C=S) groups is 1. The largest absolute Gasteiger partial charge is 0.416 e. The van der Waals surface area contributed by atoms with Crippen molar-refractivity contribution in [2.75, 3.05) is 10.7 Å². The third-order valence-electron chi connectivity index (χ3n) is 7.03. The number of aliphatic imine (C=N–C) groups is 1. The van der Waals surface area contributed by atoms with Gasteiger partial charge in [-0.3, -0.25) is 15.1 Å². The second-order valence-corrected chi connectivity index (χ2v) is 11.9. The van der Waals surface area contributed by atoms with Crippen LogP contribution in [0.5, 0.6) is 0 Å². The molecule has 0 spiro atoms. The van der Waals surface area contributed by atoms with Gasteiger partial charge in [-0.05, 0) is 79.0 Å². The number of hydrogen-bond donors (Lipinski definition) is 2. The van der Waals surface area contributed by atoms with Gasteiger partial charge in [-0.15, -0.1) is 5.10 Å². The van der Waals surface area contributed by atoms with Crippen LogP contribution in [0.3, 0.4) is 0 Å². The molecule has 1 aromatic heterocycles. The van der Waals surface area contributed by atoms with E-state index in [1.165, 1.54) is 34.9 Å². The molecular formula is C31H30F3N7OS2. The van der Waals surface area contributed by atoms with Gasteiger partial charge in [-0.1, -0.05) is 62.0 Å². The van der Waals surface area contributed by atoms with Gasteiger partial charge in [0.15, 0.2) is 11.0 Å². The second-order valence-electron chi connectivity index (χ2n) is 10.6. The molecule has 0 aliphatic carbocycles. The number of amides is 1. The fourth-order valence-electron chi connectivity index (χ4n) is 4.63. The van der Waals surface area contributed by atoms with Gasteiger partial charge in [-0.25, -0.2) is 15.1 Å². The maximum absolute atomic E-state index is 12.9. The molecule has 1 aliphatic heterocycles. The molecule has 4 aromatic rings. The number of benzene rings is 3. The summed E-state index contributed by atoms with van der Waals surface area (Å²) in [6, 6.07) is 18.2. The molecule has 1 fully saturated rings. The van der Waals surface area contributed by atoms with Gasteiger partial charge < -0.3 is 0 Å². The van der Waals surface area contributed by atoms with E-state index < -0.39 is 11.7 Å². The van der Waals surface area contributed by atoms with E-state index >= 15 is 0 Å². The van der Waals surface area contributed by atoms with Crippen molar-refractivity contribution in [3.63, 3.8) is 0 Å². The van der Waals surface area contributed by atoms with Crippen molar-refractivity contribution in [3.8, 4) is 17.1 Å². The highest BCUT2D eigenvalue weighted by Gasteiger charge is 2.32. The molecule has 1 unspecified atom stereocenters. The molecule has 44 heavy (non-hydrogen) atoms. The summed E-state index contributed by atoms with van der Waals surface area (Å²) in [7, 11) is 0. The second kappa shape index (κ2) is 12.9. The number of anilines is 1. The number of halogens is 3. The summed E-state index contributed by atoms with van der Waals surface area (Å²) in [5, 5.41) is 5.14. The number of hydrazine groups is 1. The minimum absolute atomic E-state index is 0.0378. The maximum Gasteiger partial charge on any atom is 0.416 e. The smallest absolute Gasteiger partial charge is 0.296 e. The predicted octanol–water partition coefficient (Wildman–Crippen LogP) is 6.96. The number of nitrogens with one attached hydrogen (secondary N) is 2. The van der Waals surface area contributed by atoms with E-state index in [0.717, 1.165) is 40.1 Å². The highest BCUT2D eigenvalue weighted by atomic mass is 32.2. The van der Waals surface area contributed by atoms with Gasteiger partial charge in [0, 0.05) is 11.6 Å². The first-order valence-corrected chi connectivity index (χ1v) is 15.2. The van der Waals surface area contributed by atoms with E-state index in [-0.39, 0.29) is 23.0 Å². The number of thioether (sulfide) groups is 1. The quantitative estimate of drug-likeness (QED) is 0.167. The molecule has 228 valence electrons. The molecule has 2 heterocycles. The molecule has 2 N–H and O–H groups in total. The highest BCUT2D eigenvalue weighted by molar-refractivity contribution is 8.15. The molecule has 0 saturated carbocycles. The summed E-state index contributed by atoms with van der Waals surface area (Å²) < 4.78 is 40.0. The number of alkyl halides is 3. The lowest BCUT2D eigenvalue weighted by Crippen LogP contribution is -2.38. The van der Waals surface area contributed by atoms with Crippen LogP contribution in [0.2, 0.25) is 0 Å². The standard InChI is InChI=1S/C31H30F3N7OS2/c1-18(2)25-14-5-19(3)15-26(25)41-27(42)16-44-30(41)36-29(43)38-37-20(4)21-6-8-22(9-7-21)28-35-17-40(39-28)24-12-10-23(11-13-24)31(32,33)34/h5-15,17-18,20,37H,16H2,1-4H3,(H,38,43)/b36-30-. The Morgan fingerprint density at radius 1 is 1.05 bits per heavy atom. The first kappa shape index (κ1) is 31.4. The van der Waals surface area contributed by atoms with Crippen LogP contribution in [0.25, 0.3) is 17.1 Å². The number of aromatic nitrogens is 3. The van der Waals surface area contributed by atoms with Gasteiger partial charge in [0.25, 0.3) is 0 Å². The molecule has 3 aromatic carbocycles. The first-order valence-electron chi connectivity index (χ1n) is 13.8. The molecular weight excluding hydrogens is 608 g/mol. The van der Waals surface area contributed by atoms with E-state index in [0.29, 0.717) is 22.4 Å². The van der Waals surface area contributed by atoms with Crippen molar-refractivity contribution in [2.24, 2.45) is 4.99 Å². The molecule has 8 nitrogen and oxygen atoms in total. The third kappa shape index (κ3) is 7.01. The molecule has 0 radical (unpaired) electrons. The molecule has 1 aliphatic rings. The Bertz CT molecular complexity index is 1700. The van der Waals surface area contributed by atoms with E-state index in [9.17, 15) is 18.0 Å². The summed E-state index contributed by atoms with van der Waals surface area (Å²) in [5.41, 5.74) is 10.5. The van der Waals surface area contributed by atoms with Gasteiger partial charge in [-0.2, -0.15) is 18.2 Å². The number of amidine groups is 1. The van der Waals surface area contributed by atoms with E-state index in [1.54, 1.807) is 4.90 Å². The van der Waals surface area contributed by atoms with Crippen LogP contribution in [0.4, 0.5) is 18.9 Å². The number of carbonyl (C=O) groups excluding carboxylic acids is 1. The number of rotatable bonds is 7. The van der Waals surface area contributed by atoms with Crippen LogP contribution in [0.1, 0.15) is 55.0 Å². The average molecular weight is 638 g/mol. The zero-order valence-corrected chi connectivity index (χ0v) is 26.0. The Labute approximate surface area is 262 Å². The van der Waals surface area contributed by atoms with Crippen LogP contribution >= 0.6 is 24.0 Å². The highest BCUT2D eigenvalue weighted by Crippen LogP contribution is 2.34. The summed E-state index contributed by atoms with van der Waals surface area (Å²) in [6.07, 6.45) is -2.94. The lowest BCUT2D eigenvalue weighted by Gasteiger charge is -2.22. The van der Waals surface area contributed by atoms with Crippen molar-refractivity contribution >= 4 is 45.9 Å². The Kier molecular flexibility index (Phi) is 9.18. The Balaban J connectivity index is 1.22. The fourth-order valence-corrected chi connectivity index (χ4v) is 5.70. The minimum atomic E-state index is -4.40. The zero-order valence-electron chi connectivity index (χ0n) is 24.4. The topological polar surface area (TPSA) is 87.4 Å². The minimum Gasteiger partial charge on any atom is -0.296 e.